The van der Waals surface area contributed by atoms with Crippen molar-refractivity contribution in [1.82, 2.24) is 10.6 Å². The Morgan fingerprint density at radius 1 is 1.05 bits per heavy atom. The molecule has 0 radical (unpaired) electrons. The van der Waals surface area contributed by atoms with Crippen LogP contribution >= 0.6 is 0 Å². The molecular formula is C11H12N2O6. The highest BCUT2D eigenvalue weighted by molar-refractivity contribution is 5.99. The Kier molecular flexibility index (Phi) is 4.69. The van der Waals surface area contributed by atoms with Gasteiger partial charge in [0.15, 0.2) is 0 Å². The fraction of sp³-hybridized carbons (Fsp3) is 0.182. The lowest BCUT2D eigenvalue weighted by Gasteiger charge is -2.07. The van der Waals surface area contributed by atoms with Crippen molar-refractivity contribution >= 4 is 17.8 Å². The Morgan fingerprint density at radius 3 is 2.32 bits per heavy atom. The first-order valence-corrected chi connectivity index (χ1v) is 5.19. The van der Waals surface area contributed by atoms with E-state index in [0.29, 0.717) is 0 Å². The molecule has 0 fully saturated rings. The minimum absolute atomic E-state index is 0.108. The quantitative estimate of drug-likeness (QED) is 0.466. The zero-order valence-electron chi connectivity index (χ0n) is 9.71. The van der Waals surface area contributed by atoms with Gasteiger partial charge in [0.1, 0.15) is 18.0 Å². The van der Waals surface area contributed by atoms with E-state index in [2.05, 4.69) is 10.6 Å². The summed E-state index contributed by atoms with van der Waals surface area (Å²) < 4.78 is 0. The predicted molar refractivity (Wildman–Crippen MR) is 62.8 cm³/mol. The third-order valence-electron chi connectivity index (χ3n) is 2.07. The maximum absolute atomic E-state index is 11.6. The van der Waals surface area contributed by atoms with Gasteiger partial charge in [-0.15, -0.1) is 0 Å². The highest BCUT2D eigenvalue weighted by atomic mass is 16.4. The number of nitrogens with one attached hydrogen (secondary N) is 2. The molecule has 102 valence electrons. The second kappa shape index (κ2) is 6.24. The minimum Gasteiger partial charge on any atom is -0.508 e. The number of benzene rings is 1. The summed E-state index contributed by atoms with van der Waals surface area (Å²) in [7, 11) is 0. The van der Waals surface area contributed by atoms with Crippen LogP contribution in [0.2, 0.25) is 0 Å². The summed E-state index contributed by atoms with van der Waals surface area (Å²) in [5.74, 6) is -3.22. The second-order valence-corrected chi connectivity index (χ2v) is 3.55. The molecule has 0 unspecified atom stereocenters. The Bertz CT molecular complexity index is 514. The summed E-state index contributed by atoms with van der Waals surface area (Å²) in [6.07, 6.45) is 0. The van der Waals surface area contributed by atoms with Crippen molar-refractivity contribution in [1.29, 1.82) is 0 Å². The number of hydrogen-bond acceptors (Lipinski definition) is 5. The fourth-order valence-electron chi connectivity index (χ4n) is 1.20. The smallest absolute Gasteiger partial charge is 0.322 e. The summed E-state index contributed by atoms with van der Waals surface area (Å²) in [6.45, 7) is -0.967. The number of carboxylic acid groups (broad SMARTS) is 1. The molecule has 0 aromatic heterocycles. The standard InChI is InChI=1S/C11H12N2O6/c14-6-1-2-7(8(15)3-6)11(19)13-4-9(16)12-5-10(17)18/h1-3,14-15H,4-5H2,(H,12,16)(H,13,19)(H,17,18). The van der Waals surface area contributed by atoms with E-state index in [0.717, 1.165) is 6.07 Å². The topological polar surface area (TPSA) is 136 Å². The van der Waals surface area contributed by atoms with Gasteiger partial charge in [0.05, 0.1) is 12.1 Å². The molecule has 0 aliphatic heterocycles. The van der Waals surface area contributed by atoms with Gasteiger partial charge in [-0.25, -0.2) is 0 Å². The number of phenols is 2. The van der Waals surface area contributed by atoms with Gasteiger partial charge in [-0.3, -0.25) is 14.4 Å². The zero-order valence-corrected chi connectivity index (χ0v) is 9.71. The van der Waals surface area contributed by atoms with Crippen LogP contribution in [0.1, 0.15) is 10.4 Å². The van der Waals surface area contributed by atoms with Gasteiger partial charge in [-0.2, -0.15) is 0 Å². The Labute approximate surface area is 107 Å². The molecule has 1 aromatic carbocycles. The fourth-order valence-corrected chi connectivity index (χ4v) is 1.20. The lowest BCUT2D eigenvalue weighted by atomic mass is 10.2. The molecule has 5 N–H and O–H groups in total. The third-order valence-corrected chi connectivity index (χ3v) is 2.07. The average molecular weight is 268 g/mol. The highest BCUT2D eigenvalue weighted by Crippen LogP contribution is 2.22. The van der Waals surface area contributed by atoms with Gasteiger partial charge >= 0.3 is 5.97 Å². The van der Waals surface area contributed by atoms with Gasteiger partial charge in [0.25, 0.3) is 5.91 Å². The van der Waals surface area contributed by atoms with E-state index in [-0.39, 0.29) is 11.3 Å². The minimum atomic E-state index is -1.20. The van der Waals surface area contributed by atoms with Crippen molar-refractivity contribution in [3.05, 3.63) is 23.8 Å². The highest BCUT2D eigenvalue weighted by Gasteiger charge is 2.12. The first-order valence-electron chi connectivity index (χ1n) is 5.19. The molecule has 0 saturated carbocycles. The Hall–Kier alpha value is -2.77. The predicted octanol–water partition coefficient (Wildman–Crippen LogP) is -0.972. The monoisotopic (exact) mass is 268 g/mol. The normalized spacial score (nSPS) is 9.68. The van der Waals surface area contributed by atoms with Gasteiger partial charge in [0.2, 0.25) is 5.91 Å². The van der Waals surface area contributed by atoms with E-state index < -0.39 is 36.6 Å². The lowest BCUT2D eigenvalue weighted by molar-refractivity contribution is -0.137. The largest absolute Gasteiger partial charge is 0.508 e. The molecule has 0 heterocycles. The second-order valence-electron chi connectivity index (χ2n) is 3.55. The molecule has 1 aromatic rings. The average Bonchev–Trinajstić information content (AvgIpc) is 2.33. The summed E-state index contributed by atoms with van der Waals surface area (Å²) in [5, 5.41) is 31.0. The van der Waals surface area contributed by atoms with Crippen molar-refractivity contribution in [2.45, 2.75) is 0 Å². The van der Waals surface area contributed by atoms with Crippen LogP contribution in [0.3, 0.4) is 0 Å². The van der Waals surface area contributed by atoms with Crippen LogP contribution in [-0.2, 0) is 9.59 Å². The summed E-state index contributed by atoms with van der Waals surface area (Å²) >= 11 is 0. The van der Waals surface area contributed by atoms with Gasteiger partial charge in [-0.05, 0) is 12.1 Å². The molecule has 0 aliphatic carbocycles. The van der Waals surface area contributed by atoms with Crippen LogP contribution < -0.4 is 10.6 Å². The van der Waals surface area contributed by atoms with Gasteiger partial charge in [0, 0.05) is 6.07 Å². The molecule has 0 atom stereocenters. The summed E-state index contributed by atoms with van der Waals surface area (Å²) in [6, 6.07) is 3.38. The van der Waals surface area contributed by atoms with Gasteiger partial charge in [-0.1, -0.05) is 0 Å². The van der Waals surface area contributed by atoms with Crippen molar-refractivity contribution < 1.29 is 29.7 Å². The van der Waals surface area contributed by atoms with Crippen LogP contribution in [0, 0.1) is 0 Å². The van der Waals surface area contributed by atoms with Gasteiger partial charge < -0.3 is 26.0 Å². The van der Waals surface area contributed by atoms with E-state index in [4.69, 9.17) is 10.2 Å². The molecule has 8 heteroatoms. The van der Waals surface area contributed by atoms with E-state index in [1.165, 1.54) is 12.1 Å². The molecule has 8 nitrogen and oxygen atoms in total. The number of aliphatic carboxylic acids is 1. The zero-order chi connectivity index (χ0) is 14.4. The van der Waals surface area contributed by atoms with E-state index in [1.54, 1.807) is 0 Å². The number of phenolic OH excluding ortho intramolecular Hbond substituents is 2. The van der Waals surface area contributed by atoms with Crippen LogP contribution in [0.15, 0.2) is 18.2 Å². The molecular weight excluding hydrogens is 256 g/mol. The van der Waals surface area contributed by atoms with E-state index in [9.17, 15) is 19.5 Å². The number of carboxylic acids is 1. The van der Waals surface area contributed by atoms with Crippen LogP contribution in [-0.4, -0.2) is 46.2 Å². The maximum Gasteiger partial charge on any atom is 0.322 e. The van der Waals surface area contributed by atoms with Crippen molar-refractivity contribution in [2.24, 2.45) is 0 Å². The summed E-state index contributed by atoms with van der Waals surface area (Å²) in [5.41, 5.74) is -0.108. The van der Waals surface area contributed by atoms with E-state index in [1.807, 2.05) is 0 Å². The van der Waals surface area contributed by atoms with Crippen molar-refractivity contribution in [3.63, 3.8) is 0 Å². The summed E-state index contributed by atoms with van der Waals surface area (Å²) in [4.78, 5) is 32.9. The molecule has 0 saturated heterocycles. The lowest BCUT2D eigenvalue weighted by Crippen LogP contribution is -2.39. The Balaban J connectivity index is 2.51. The molecule has 19 heavy (non-hydrogen) atoms. The van der Waals surface area contributed by atoms with Crippen molar-refractivity contribution in [2.75, 3.05) is 13.1 Å². The Morgan fingerprint density at radius 2 is 1.74 bits per heavy atom. The number of aromatic hydroxyl groups is 2. The molecule has 2 amide bonds. The molecule has 0 spiro atoms. The number of carbonyl (C=O) groups excluding carboxylic acids is 2. The number of rotatable bonds is 5. The first kappa shape index (κ1) is 14.3. The number of carbonyl (C=O) groups is 3. The molecule has 1 rings (SSSR count). The maximum atomic E-state index is 11.6. The molecule has 0 aliphatic rings. The third kappa shape index (κ3) is 4.54. The number of hydrogen-bond donors (Lipinski definition) is 5. The van der Waals surface area contributed by atoms with E-state index >= 15 is 0 Å². The number of amides is 2. The van der Waals surface area contributed by atoms with Crippen LogP contribution in [0.25, 0.3) is 0 Å². The SMILES string of the molecule is O=C(O)CNC(=O)CNC(=O)c1ccc(O)cc1O. The van der Waals surface area contributed by atoms with Crippen molar-refractivity contribution in [3.8, 4) is 11.5 Å². The van der Waals surface area contributed by atoms with Crippen LogP contribution in [0.5, 0.6) is 11.5 Å². The first-order chi connectivity index (χ1) is 8.90. The molecule has 0 bridgehead atoms. The van der Waals surface area contributed by atoms with Crippen LogP contribution in [0.4, 0.5) is 0 Å².